The molecule has 4 aromatic rings. The van der Waals surface area contributed by atoms with Crippen LogP contribution in [0.1, 0.15) is 76.8 Å². The number of amides is 4. The molecule has 17 heteroatoms. The van der Waals surface area contributed by atoms with Crippen molar-refractivity contribution < 1.29 is 33.4 Å². The predicted molar refractivity (Wildman–Crippen MR) is 249 cm³/mol. The van der Waals surface area contributed by atoms with Crippen LogP contribution in [0.15, 0.2) is 41.9 Å². The largest absolute Gasteiger partial charge is 0.464 e. The number of cyclic esters (lactones) is 1. The number of carbonyl (C=O) groups excluding carboxylic acids is 4. The standard InChI is InChI=1S/C48H65N9O7S/c1-9-56-39-15-14-31-22-34(39)35(43(56)33-12-10-16-49-41(33)30(4)62-8)24-48(5,6)28-64-46(60)36-13-11-17-57(52-36)45(59)37(23-40-50-38(31)27-65-40)51-44(58)42(29(2)3)53(7)47(61)55-25-32(26-55)54-18-20-63-21-19-54/h10,12,14-16,22,27,29-30,32,36-37,42,52H,9,11,13,17-21,23-26,28H2,1-8H3,(H,51,58)/t30-,36-,37-,42-/m0/s1. The molecule has 3 fully saturated rings. The maximum Gasteiger partial charge on any atom is 0.324 e. The third-order valence-corrected chi connectivity index (χ3v) is 14.3. The van der Waals surface area contributed by atoms with Crippen molar-refractivity contribution in [2.75, 3.05) is 66.7 Å². The van der Waals surface area contributed by atoms with Crippen LogP contribution in [0.2, 0.25) is 0 Å². The van der Waals surface area contributed by atoms with E-state index in [1.54, 1.807) is 25.3 Å². The van der Waals surface area contributed by atoms with Gasteiger partial charge in [0.25, 0.3) is 5.91 Å². The van der Waals surface area contributed by atoms with Gasteiger partial charge in [-0.15, -0.1) is 11.3 Å². The number of urea groups is 1. The molecule has 16 nitrogen and oxygen atoms in total. The lowest BCUT2D eigenvalue weighted by molar-refractivity contribution is -0.155. The van der Waals surface area contributed by atoms with Crippen molar-refractivity contribution >= 4 is 46.1 Å². The number of likely N-dealkylation sites (tertiary alicyclic amines) is 1. The van der Waals surface area contributed by atoms with Crippen LogP contribution in [-0.4, -0.2) is 149 Å². The summed E-state index contributed by atoms with van der Waals surface area (Å²) < 4.78 is 19.8. The number of likely N-dealkylation sites (N-methyl/N-ethyl adjacent to an activating group) is 1. The molecule has 4 aliphatic heterocycles. The Hall–Kier alpha value is -4.94. The Morgan fingerprint density at radius 2 is 1.88 bits per heavy atom. The average Bonchev–Trinajstić information content (AvgIpc) is 3.88. The van der Waals surface area contributed by atoms with Gasteiger partial charge in [0.05, 0.1) is 48.0 Å². The van der Waals surface area contributed by atoms with Gasteiger partial charge in [-0.1, -0.05) is 33.8 Å². The fraction of sp³-hybridized carbons (Fsp3) is 0.583. The number of fused-ring (bicyclic) bond motifs is 6. The van der Waals surface area contributed by atoms with Crippen LogP contribution in [-0.2, 0) is 48.0 Å². The summed E-state index contributed by atoms with van der Waals surface area (Å²) in [5.41, 5.74) is 9.40. The number of methoxy groups -OCH3 is 1. The monoisotopic (exact) mass is 911 g/mol. The van der Waals surface area contributed by atoms with Crippen LogP contribution in [0.3, 0.4) is 0 Å². The van der Waals surface area contributed by atoms with Crippen LogP contribution in [0, 0.1) is 11.3 Å². The average molecular weight is 912 g/mol. The third kappa shape index (κ3) is 9.66. The van der Waals surface area contributed by atoms with Gasteiger partial charge in [0.15, 0.2) is 0 Å². The number of rotatable bonds is 9. The maximum absolute atomic E-state index is 14.6. The van der Waals surface area contributed by atoms with Crippen LogP contribution < -0.4 is 10.7 Å². The Morgan fingerprint density at radius 3 is 2.60 bits per heavy atom. The van der Waals surface area contributed by atoms with Gasteiger partial charge in [-0.25, -0.2) is 15.2 Å². The second-order valence-electron chi connectivity index (χ2n) is 19.1. The molecular weight excluding hydrogens is 847 g/mol. The van der Waals surface area contributed by atoms with Gasteiger partial charge in [0, 0.05) is 105 Å². The lowest BCUT2D eigenvalue weighted by atomic mass is 9.84. The highest BCUT2D eigenvalue weighted by molar-refractivity contribution is 7.10. The number of thiazole rings is 1. The Kier molecular flexibility index (Phi) is 14.0. The number of benzene rings is 1. The first-order chi connectivity index (χ1) is 31.2. The van der Waals surface area contributed by atoms with E-state index in [4.69, 9.17) is 24.2 Å². The van der Waals surface area contributed by atoms with Gasteiger partial charge in [0.2, 0.25) is 5.91 Å². The zero-order chi connectivity index (χ0) is 46.2. The van der Waals surface area contributed by atoms with Gasteiger partial charge in [-0.2, -0.15) is 0 Å². The van der Waals surface area contributed by atoms with Crippen molar-refractivity contribution in [3.8, 4) is 22.5 Å². The molecule has 0 unspecified atom stereocenters. The smallest absolute Gasteiger partial charge is 0.324 e. The van der Waals surface area contributed by atoms with Crippen LogP contribution in [0.4, 0.5) is 4.79 Å². The Bertz CT molecular complexity index is 2390. The normalized spacial score (nSPS) is 22.0. The molecule has 7 heterocycles. The molecule has 0 saturated carbocycles. The second kappa shape index (κ2) is 19.5. The zero-order valence-corrected chi connectivity index (χ0v) is 39.9. The summed E-state index contributed by atoms with van der Waals surface area (Å²) in [6.07, 6.45) is 3.30. The predicted octanol–water partition coefficient (Wildman–Crippen LogP) is 5.30. The fourth-order valence-electron chi connectivity index (χ4n) is 9.87. The van der Waals surface area contributed by atoms with Crippen molar-refractivity contribution in [3.05, 3.63) is 58.2 Å². The Morgan fingerprint density at radius 1 is 1.11 bits per heavy atom. The first kappa shape index (κ1) is 46.6. The number of esters is 1. The van der Waals surface area contributed by atoms with Gasteiger partial charge >= 0.3 is 12.0 Å². The molecule has 350 valence electrons. The quantitative estimate of drug-likeness (QED) is 0.210. The van der Waals surface area contributed by atoms with Crippen molar-refractivity contribution in [1.82, 2.24) is 45.0 Å². The zero-order valence-electron chi connectivity index (χ0n) is 39.1. The summed E-state index contributed by atoms with van der Waals surface area (Å²) in [7, 11) is 3.35. The van der Waals surface area contributed by atoms with Crippen LogP contribution in [0.5, 0.6) is 0 Å². The molecule has 3 saturated heterocycles. The molecule has 0 spiro atoms. The number of pyridine rings is 1. The minimum absolute atomic E-state index is 0.109. The summed E-state index contributed by atoms with van der Waals surface area (Å²) in [5, 5.41) is 8.23. The van der Waals surface area contributed by atoms with E-state index >= 15 is 0 Å². The summed E-state index contributed by atoms with van der Waals surface area (Å²) in [6, 6.07) is 7.86. The van der Waals surface area contributed by atoms with Crippen LogP contribution in [0.25, 0.3) is 33.4 Å². The van der Waals surface area contributed by atoms with E-state index in [1.807, 2.05) is 32.2 Å². The molecule has 4 aliphatic rings. The lowest BCUT2D eigenvalue weighted by Crippen LogP contribution is -2.66. The molecule has 0 aliphatic carbocycles. The highest BCUT2D eigenvalue weighted by atomic mass is 32.1. The molecule has 2 N–H and O–H groups in total. The van der Waals surface area contributed by atoms with Crippen molar-refractivity contribution in [2.24, 2.45) is 11.3 Å². The van der Waals surface area contributed by atoms with Crippen molar-refractivity contribution in [1.29, 1.82) is 0 Å². The van der Waals surface area contributed by atoms with Gasteiger partial charge in [-0.05, 0) is 68.9 Å². The van der Waals surface area contributed by atoms with Gasteiger partial charge in [0.1, 0.15) is 18.1 Å². The molecule has 4 amide bonds. The van der Waals surface area contributed by atoms with Crippen LogP contribution >= 0.6 is 11.3 Å². The molecule has 3 aromatic heterocycles. The number of carbonyl (C=O) groups is 4. The molecule has 4 atom stereocenters. The number of aromatic nitrogens is 3. The number of hydrazine groups is 1. The van der Waals surface area contributed by atoms with E-state index in [0.717, 1.165) is 57.8 Å². The van der Waals surface area contributed by atoms with Crippen molar-refractivity contribution in [3.63, 3.8) is 0 Å². The molecule has 6 bridgehead atoms. The number of nitrogens with zero attached hydrogens (tertiary/aromatic N) is 7. The first-order valence-corrected chi connectivity index (χ1v) is 24.0. The third-order valence-electron chi connectivity index (χ3n) is 13.5. The van der Waals surface area contributed by atoms with E-state index < -0.39 is 41.3 Å². The molecular formula is C48H65N9O7S. The summed E-state index contributed by atoms with van der Waals surface area (Å²) in [4.78, 5) is 72.4. The van der Waals surface area contributed by atoms with Gasteiger partial charge in [-0.3, -0.25) is 29.3 Å². The highest BCUT2D eigenvalue weighted by Crippen LogP contribution is 2.42. The van der Waals surface area contributed by atoms with E-state index in [0.29, 0.717) is 63.7 Å². The topological polar surface area (TPSA) is 164 Å². The molecule has 0 radical (unpaired) electrons. The minimum Gasteiger partial charge on any atom is -0.464 e. The maximum atomic E-state index is 14.6. The minimum atomic E-state index is -1.04. The molecule has 65 heavy (non-hydrogen) atoms. The first-order valence-electron chi connectivity index (χ1n) is 23.1. The van der Waals surface area contributed by atoms with E-state index in [9.17, 15) is 19.2 Å². The molecule has 8 rings (SSSR count). The Labute approximate surface area is 385 Å². The number of nitrogens with one attached hydrogen (secondary N) is 2. The lowest BCUT2D eigenvalue weighted by Gasteiger charge is -2.48. The SMILES string of the molecule is CCn1c(-c2cccnc2[C@H](C)OC)c2c3cc(ccc31)-c1csc(n1)C[C@H](NC(=O)[C@H](C(C)C)N(C)C(=O)N1CC(N3CCOCC3)C1)C(=O)N1CCC[C@H](N1)C(=O)OCC(C)(C)C2. The summed E-state index contributed by atoms with van der Waals surface area (Å²) in [6.45, 7) is 17.6. The number of ether oxygens (including phenoxy) is 3. The Balaban J connectivity index is 1.13. The van der Waals surface area contributed by atoms with E-state index in [1.165, 1.54) is 21.2 Å². The number of hydrogen-bond acceptors (Lipinski definition) is 12. The highest BCUT2D eigenvalue weighted by Gasteiger charge is 2.42. The summed E-state index contributed by atoms with van der Waals surface area (Å²) >= 11 is 1.43. The number of aryl methyl sites for hydroxylation is 1. The van der Waals surface area contributed by atoms with E-state index in [-0.39, 0.29) is 37.1 Å². The summed E-state index contributed by atoms with van der Waals surface area (Å²) in [5.74, 6) is -1.52. The number of hydrogen-bond donors (Lipinski definition) is 2. The molecule has 1 aromatic carbocycles. The van der Waals surface area contributed by atoms with E-state index in [2.05, 4.69) is 65.2 Å². The van der Waals surface area contributed by atoms with Gasteiger partial charge < -0.3 is 33.9 Å². The number of morpholine rings is 1. The second-order valence-corrected chi connectivity index (χ2v) is 20.0. The fourth-order valence-corrected chi connectivity index (χ4v) is 10.7. The van der Waals surface area contributed by atoms with Crippen molar-refractivity contribution in [2.45, 2.75) is 104 Å².